The first-order valence-corrected chi connectivity index (χ1v) is 6.43. The molecule has 0 aromatic heterocycles. The van der Waals surface area contributed by atoms with E-state index in [1.54, 1.807) is 43.3 Å². The summed E-state index contributed by atoms with van der Waals surface area (Å²) in [5, 5.41) is 14.6. The number of nitro benzene ring substituents is 1. The second kappa shape index (κ2) is 6.49. The predicted molar refractivity (Wildman–Crippen MR) is 83.6 cm³/mol. The van der Waals surface area contributed by atoms with Crippen molar-refractivity contribution in [3.8, 4) is 0 Å². The molecule has 2 aromatic rings. The molecule has 0 radical (unpaired) electrons. The van der Waals surface area contributed by atoms with Gasteiger partial charge in [-0.05, 0) is 36.8 Å². The molecule has 1 amide bonds. The van der Waals surface area contributed by atoms with Crippen LogP contribution in [0.15, 0.2) is 53.6 Å². The summed E-state index contributed by atoms with van der Waals surface area (Å²) in [5.41, 5.74) is 10.0. The van der Waals surface area contributed by atoms with Gasteiger partial charge in [-0.25, -0.2) is 5.43 Å². The molecule has 0 aliphatic rings. The molecule has 2 aromatic carbocycles. The van der Waals surface area contributed by atoms with Crippen LogP contribution in [0.1, 0.15) is 22.8 Å². The number of nitrogens with one attached hydrogen (secondary N) is 1. The van der Waals surface area contributed by atoms with Crippen LogP contribution in [0.25, 0.3) is 0 Å². The van der Waals surface area contributed by atoms with Crippen LogP contribution in [-0.4, -0.2) is 16.5 Å². The quantitative estimate of drug-likeness (QED) is 0.390. The summed E-state index contributed by atoms with van der Waals surface area (Å²) >= 11 is 0. The Labute approximate surface area is 126 Å². The van der Waals surface area contributed by atoms with Gasteiger partial charge >= 0.3 is 0 Å². The van der Waals surface area contributed by atoms with Gasteiger partial charge in [0, 0.05) is 17.8 Å². The SMILES string of the molecule is C/C(=N\NC(=O)c1ccccc1N)c1ccc([N+](=O)[O-])cc1. The molecular weight excluding hydrogens is 284 g/mol. The van der Waals surface area contributed by atoms with Crippen LogP contribution in [0.2, 0.25) is 0 Å². The summed E-state index contributed by atoms with van der Waals surface area (Å²) in [6.07, 6.45) is 0. The lowest BCUT2D eigenvalue weighted by Crippen LogP contribution is -2.20. The standard InChI is InChI=1S/C15H14N4O3/c1-10(11-6-8-12(9-7-11)19(21)22)17-18-15(20)13-4-2-3-5-14(13)16/h2-9H,16H2,1H3,(H,18,20)/b17-10+. The van der Waals surface area contributed by atoms with E-state index in [-0.39, 0.29) is 5.69 Å². The molecule has 0 aliphatic carbocycles. The van der Waals surface area contributed by atoms with Crippen molar-refractivity contribution in [3.05, 3.63) is 69.8 Å². The first-order valence-electron chi connectivity index (χ1n) is 6.43. The van der Waals surface area contributed by atoms with E-state index in [1.165, 1.54) is 12.1 Å². The number of hydrogen-bond acceptors (Lipinski definition) is 5. The Bertz CT molecular complexity index is 739. The third-order valence-electron chi connectivity index (χ3n) is 3.03. The number of benzene rings is 2. The van der Waals surface area contributed by atoms with Gasteiger partial charge in [0.05, 0.1) is 16.2 Å². The highest BCUT2D eigenvalue weighted by molar-refractivity contribution is 6.02. The highest BCUT2D eigenvalue weighted by atomic mass is 16.6. The first-order chi connectivity index (χ1) is 10.5. The number of nitrogens with zero attached hydrogens (tertiary/aromatic N) is 2. The molecule has 0 aliphatic heterocycles. The maximum Gasteiger partial charge on any atom is 0.273 e. The number of hydrogen-bond donors (Lipinski definition) is 2. The largest absolute Gasteiger partial charge is 0.398 e. The third kappa shape index (κ3) is 3.45. The van der Waals surface area contributed by atoms with Gasteiger partial charge in [-0.2, -0.15) is 5.10 Å². The summed E-state index contributed by atoms with van der Waals surface area (Å²) in [4.78, 5) is 22.1. The van der Waals surface area contributed by atoms with E-state index in [2.05, 4.69) is 10.5 Å². The minimum absolute atomic E-state index is 0.00218. The Hall–Kier alpha value is -3.22. The van der Waals surface area contributed by atoms with E-state index in [0.29, 0.717) is 22.5 Å². The van der Waals surface area contributed by atoms with Crippen LogP contribution in [0, 0.1) is 10.1 Å². The zero-order valence-electron chi connectivity index (χ0n) is 11.8. The van der Waals surface area contributed by atoms with Gasteiger partial charge in [0.15, 0.2) is 0 Å². The Morgan fingerprint density at radius 1 is 1.18 bits per heavy atom. The van der Waals surface area contributed by atoms with Crippen LogP contribution in [-0.2, 0) is 0 Å². The number of anilines is 1. The summed E-state index contributed by atoms with van der Waals surface area (Å²) < 4.78 is 0. The molecule has 3 N–H and O–H groups in total. The van der Waals surface area contributed by atoms with Crippen molar-refractivity contribution in [1.82, 2.24) is 5.43 Å². The van der Waals surface area contributed by atoms with Gasteiger partial charge in [-0.1, -0.05) is 12.1 Å². The smallest absolute Gasteiger partial charge is 0.273 e. The van der Waals surface area contributed by atoms with Gasteiger partial charge in [-0.3, -0.25) is 14.9 Å². The van der Waals surface area contributed by atoms with Crippen LogP contribution >= 0.6 is 0 Å². The molecule has 7 heteroatoms. The van der Waals surface area contributed by atoms with Crippen LogP contribution in [0.5, 0.6) is 0 Å². The van der Waals surface area contributed by atoms with Crippen molar-refractivity contribution in [2.45, 2.75) is 6.92 Å². The van der Waals surface area contributed by atoms with Crippen molar-refractivity contribution in [3.63, 3.8) is 0 Å². The lowest BCUT2D eigenvalue weighted by atomic mass is 10.1. The average molecular weight is 298 g/mol. The number of hydrazone groups is 1. The minimum Gasteiger partial charge on any atom is -0.398 e. The Morgan fingerprint density at radius 2 is 1.82 bits per heavy atom. The Morgan fingerprint density at radius 3 is 2.41 bits per heavy atom. The van der Waals surface area contributed by atoms with E-state index in [0.717, 1.165) is 0 Å². The number of nitro groups is 1. The van der Waals surface area contributed by atoms with E-state index in [4.69, 9.17) is 5.73 Å². The van der Waals surface area contributed by atoms with Crippen molar-refractivity contribution in [2.75, 3.05) is 5.73 Å². The van der Waals surface area contributed by atoms with E-state index in [9.17, 15) is 14.9 Å². The minimum atomic E-state index is -0.476. The zero-order valence-corrected chi connectivity index (χ0v) is 11.8. The van der Waals surface area contributed by atoms with E-state index in [1.807, 2.05) is 0 Å². The highest BCUT2D eigenvalue weighted by Crippen LogP contribution is 2.13. The summed E-state index contributed by atoms with van der Waals surface area (Å²) in [7, 11) is 0. The fraction of sp³-hybridized carbons (Fsp3) is 0.0667. The number of non-ortho nitro benzene ring substituents is 1. The summed E-state index contributed by atoms with van der Waals surface area (Å²) in [6.45, 7) is 1.69. The molecule has 0 heterocycles. The van der Waals surface area contributed by atoms with Crippen LogP contribution in [0.3, 0.4) is 0 Å². The van der Waals surface area contributed by atoms with Gasteiger partial charge in [0.2, 0.25) is 0 Å². The van der Waals surface area contributed by atoms with Crippen molar-refractivity contribution < 1.29 is 9.72 Å². The predicted octanol–water partition coefficient (Wildman–Crippen LogP) is 2.33. The van der Waals surface area contributed by atoms with E-state index < -0.39 is 10.8 Å². The second-order valence-corrected chi connectivity index (χ2v) is 4.53. The number of nitrogens with two attached hydrogens (primary N) is 1. The molecule has 0 fully saturated rings. The van der Waals surface area contributed by atoms with E-state index >= 15 is 0 Å². The number of carbonyl (C=O) groups excluding carboxylic acids is 1. The Balaban J connectivity index is 2.11. The van der Waals surface area contributed by atoms with Gasteiger partial charge in [0.25, 0.3) is 11.6 Å². The lowest BCUT2D eigenvalue weighted by molar-refractivity contribution is -0.384. The maximum absolute atomic E-state index is 12.0. The molecule has 0 spiro atoms. The number of para-hydroxylation sites is 1. The molecule has 2 rings (SSSR count). The summed E-state index contributed by atoms with van der Waals surface area (Å²) in [6, 6.07) is 12.6. The average Bonchev–Trinajstić information content (AvgIpc) is 2.52. The molecule has 0 saturated carbocycles. The normalized spacial score (nSPS) is 11.0. The van der Waals surface area contributed by atoms with Gasteiger partial charge in [0.1, 0.15) is 0 Å². The van der Waals surface area contributed by atoms with Crippen LogP contribution < -0.4 is 11.2 Å². The zero-order chi connectivity index (χ0) is 16.1. The van der Waals surface area contributed by atoms with Crippen LogP contribution in [0.4, 0.5) is 11.4 Å². The molecule has 7 nitrogen and oxygen atoms in total. The number of nitrogen functional groups attached to an aromatic ring is 1. The van der Waals surface area contributed by atoms with Gasteiger partial charge in [-0.15, -0.1) is 0 Å². The van der Waals surface area contributed by atoms with Gasteiger partial charge < -0.3 is 5.73 Å². The fourth-order valence-corrected chi connectivity index (χ4v) is 1.79. The molecule has 22 heavy (non-hydrogen) atoms. The topological polar surface area (TPSA) is 111 Å². The molecular formula is C15H14N4O3. The number of amides is 1. The third-order valence-corrected chi connectivity index (χ3v) is 3.03. The fourth-order valence-electron chi connectivity index (χ4n) is 1.79. The van der Waals surface area contributed by atoms with Crippen molar-refractivity contribution in [2.24, 2.45) is 5.10 Å². The molecule has 0 bridgehead atoms. The maximum atomic E-state index is 12.0. The monoisotopic (exact) mass is 298 g/mol. The molecule has 0 atom stereocenters. The first kappa shape index (κ1) is 15.2. The number of rotatable bonds is 4. The molecule has 112 valence electrons. The highest BCUT2D eigenvalue weighted by Gasteiger charge is 2.09. The Kier molecular flexibility index (Phi) is 4.47. The second-order valence-electron chi connectivity index (χ2n) is 4.53. The summed E-state index contributed by atoms with van der Waals surface area (Å²) in [5.74, 6) is -0.417. The molecule has 0 unspecified atom stereocenters. The van der Waals surface area contributed by atoms with Crippen molar-refractivity contribution >= 4 is 23.0 Å². The molecule has 0 saturated heterocycles. The lowest BCUT2D eigenvalue weighted by Gasteiger charge is -2.05. The number of carbonyl (C=O) groups is 1. The van der Waals surface area contributed by atoms with Crippen molar-refractivity contribution in [1.29, 1.82) is 0 Å².